The van der Waals surface area contributed by atoms with Gasteiger partial charge in [-0.05, 0) is 36.6 Å². The molecule has 2 N–H and O–H groups in total. The van der Waals surface area contributed by atoms with Gasteiger partial charge in [0.05, 0.1) is 20.1 Å². The van der Waals surface area contributed by atoms with E-state index in [0.29, 0.717) is 23.5 Å². The third-order valence-electron chi connectivity index (χ3n) is 4.67. The molecule has 0 saturated carbocycles. The first kappa shape index (κ1) is 23.9. The molecule has 2 aromatic rings. The highest BCUT2D eigenvalue weighted by Crippen LogP contribution is 2.34. The van der Waals surface area contributed by atoms with E-state index in [1.165, 1.54) is 37.0 Å². The van der Waals surface area contributed by atoms with Crippen molar-refractivity contribution >= 4 is 22.9 Å². The number of rotatable bonds is 10. The average molecular weight is 443 g/mol. The summed E-state index contributed by atoms with van der Waals surface area (Å²) in [7, 11) is 2.86. The lowest BCUT2D eigenvalue weighted by molar-refractivity contribution is -0.174. The number of ether oxygens (including phenoxy) is 2. The summed E-state index contributed by atoms with van der Waals surface area (Å²) >= 11 is 1.29. The predicted molar refractivity (Wildman–Crippen MR) is 108 cm³/mol. The van der Waals surface area contributed by atoms with Gasteiger partial charge in [0.25, 0.3) is 0 Å². The monoisotopic (exact) mass is 443 g/mol. The Bertz CT molecular complexity index is 895. The number of halogens is 3. The quantitative estimate of drug-likeness (QED) is 0.424. The van der Waals surface area contributed by atoms with Crippen LogP contribution in [0.3, 0.4) is 0 Å². The van der Waals surface area contributed by atoms with E-state index in [1.807, 2.05) is 6.92 Å². The van der Waals surface area contributed by atoms with Gasteiger partial charge in [-0.1, -0.05) is 19.4 Å². The van der Waals surface area contributed by atoms with Crippen LogP contribution in [0.25, 0.3) is 0 Å². The van der Waals surface area contributed by atoms with Gasteiger partial charge < -0.3 is 15.2 Å². The molecule has 0 amide bonds. The van der Waals surface area contributed by atoms with E-state index in [0.717, 1.165) is 11.3 Å². The summed E-state index contributed by atoms with van der Waals surface area (Å²) in [5, 5.41) is 1.49. The fourth-order valence-corrected chi connectivity index (χ4v) is 4.07. The first-order chi connectivity index (χ1) is 14.1. The molecule has 1 heterocycles. The van der Waals surface area contributed by atoms with Crippen molar-refractivity contribution in [1.29, 1.82) is 0 Å². The number of hydrogen-bond acceptors (Lipinski definition) is 6. The summed E-state index contributed by atoms with van der Waals surface area (Å²) < 4.78 is 49.9. The Balaban J connectivity index is 2.33. The second-order valence-electron chi connectivity index (χ2n) is 6.79. The van der Waals surface area contributed by atoms with Crippen LogP contribution in [0.5, 0.6) is 11.5 Å². The Hall–Kier alpha value is -2.39. The Morgan fingerprint density at radius 3 is 2.37 bits per heavy atom. The molecule has 0 saturated heterocycles. The van der Waals surface area contributed by atoms with E-state index in [-0.39, 0.29) is 5.56 Å². The summed E-state index contributed by atoms with van der Waals surface area (Å²) in [4.78, 5) is 25.8. The number of thiophene rings is 1. The molecule has 1 aromatic carbocycles. The van der Waals surface area contributed by atoms with Gasteiger partial charge in [-0.3, -0.25) is 9.59 Å². The van der Waals surface area contributed by atoms with Crippen LogP contribution in [0.1, 0.15) is 46.6 Å². The Morgan fingerprint density at radius 1 is 1.13 bits per heavy atom. The zero-order valence-corrected chi connectivity index (χ0v) is 17.7. The number of aryl methyl sites for hydroxylation is 1. The van der Waals surface area contributed by atoms with Crippen LogP contribution >= 0.6 is 11.3 Å². The van der Waals surface area contributed by atoms with Crippen molar-refractivity contribution in [3.8, 4) is 11.5 Å². The summed E-state index contributed by atoms with van der Waals surface area (Å²) in [5.74, 6) is -4.11. The topological polar surface area (TPSA) is 78.6 Å². The van der Waals surface area contributed by atoms with Gasteiger partial charge in [-0.2, -0.15) is 13.2 Å². The Morgan fingerprint density at radius 2 is 1.80 bits per heavy atom. The molecule has 0 aliphatic rings. The van der Waals surface area contributed by atoms with Crippen LogP contribution in [0.2, 0.25) is 0 Å². The minimum absolute atomic E-state index is 0.102. The summed E-state index contributed by atoms with van der Waals surface area (Å²) in [5.41, 5.74) is 6.63. The van der Waals surface area contributed by atoms with Crippen molar-refractivity contribution in [2.75, 3.05) is 14.2 Å². The van der Waals surface area contributed by atoms with E-state index in [2.05, 4.69) is 0 Å². The maximum Gasteiger partial charge on any atom is 0.450 e. The van der Waals surface area contributed by atoms with Gasteiger partial charge in [0.1, 0.15) is 0 Å². The number of alkyl halides is 3. The summed E-state index contributed by atoms with van der Waals surface area (Å²) in [6, 6.07) is 5.21. The van der Waals surface area contributed by atoms with E-state index >= 15 is 0 Å². The van der Waals surface area contributed by atoms with Crippen LogP contribution in [-0.4, -0.2) is 32.0 Å². The van der Waals surface area contributed by atoms with Gasteiger partial charge in [0, 0.05) is 21.9 Å². The van der Waals surface area contributed by atoms with Crippen LogP contribution in [0.4, 0.5) is 13.2 Å². The molecule has 0 fully saturated rings. The first-order valence-electron chi connectivity index (χ1n) is 9.32. The zero-order chi connectivity index (χ0) is 22.5. The van der Waals surface area contributed by atoms with E-state index in [9.17, 15) is 22.8 Å². The van der Waals surface area contributed by atoms with Crippen molar-refractivity contribution < 1.29 is 32.2 Å². The molecule has 0 spiro atoms. The minimum atomic E-state index is -5.14. The molecular weight excluding hydrogens is 419 g/mol. The van der Waals surface area contributed by atoms with Crippen molar-refractivity contribution in [3.05, 3.63) is 45.6 Å². The predicted octanol–water partition coefficient (Wildman–Crippen LogP) is 4.74. The number of ketones is 2. The molecule has 0 aliphatic heterocycles. The fraction of sp³-hybridized carbons (Fsp3) is 0.429. The number of methoxy groups -OCH3 is 2. The maximum absolute atomic E-state index is 13.2. The minimum Gasteiger partial charge on any atom is -0.493 e. The highest BCUT2D eigenvalue weighted by atomic mass is 32.1. The lowest BCUT2D eigenvalue weighted by Gasteiger charge is -2.21. The molecule has 0 bridgehead atoms. The van der Waals surface area contributed by atoms with Crippen molar-refractivity contribution in [1.82, 2.24) is 0 Å². The van der Waals surface area contributed by atoms with Crippen LogP contribution < -0.4 is 15.2 Å². The number of hydrogen-bond donors (Lipinski definition) is 1. The Labute approximate surface area is 177 Å². The molecule has 2 atom stereocenters. The highest BCUT2D eigenvalue weighted by Gasteiger charge is 2.46. The van der Waals surface area contributed by atoms with Gasteiger partial charge in [0.15, 0.2) is 17.3 Å². The second kappa shape index (κ2) is 10.1. The normalized spacial score (nSPS) is 13.6. The molecule has 1 aromatic heterocycles. The van der Waals surface area contributed by atoms with Gasteiger partial charge in [-0.25, -0.2) is 0 Å². The van der Waals surface area contributed by atoms with Gasteiger partial charge in [-0.15, -0.1) is 11.3 Å². The van der Waals surface area contributed by atoms with Gasteiger partial charge in [0.2, 0.25) is 5.78 Å². The summed E-state index contributed by atoms with van der Waals surface area (Å²) in [6.45, 7) is 1.96. The first-order valence-corrected chi connectivity index (χ1v) is 10.2. The maximum atomic E-state index is 13.2. The molecule has 164 valence electrons. The van der Waals surface area contributed by atoms with E-state index in [4.69, 9.17) is 15.2 Å². The summed E-state index contributed by atoms with van der Waals surface area (Å²) in [6.07, 6.45) is -4.07. The standard InChI is InChI=1S/C21H24F3NO4S/c1-4-5-14-8-13(11-30-14)19(26)15(20(27)21(22,23)24)10-16(25)12-6-7-17(28-2)18(9-12)29-3/h6-9,11,15-16H,4-5,10,25H2,1-3H3/t15-,16?/m1/s1. The molecule has 1 unspecified atom stereocenters. The molecule has 0 radical (unpaired) electrons. The number of Topliss-reactive ketones (excluding diaryl/α,β-unsaturated/α-hetero) is 2. The van der Waals surface area contributed by atoms with Crippen LogP contribution in [0.15, 0.2) is 29.6 Å². The van der Waals surface area contributed by atoms with Crippen molar-refractivity contribution in [2.24, 2.45) is 11.7 Å². The average Bonchev–Trinajstić information content (AvgIpc) is 3.18. The number of benzene rings is 1. The van der Waals surface area contributed by atoms with Crippen molar-refractivity contribution in [3.63, 3.8) is 0 Å². The van der Waals surface area contributed by atoms with Crippen LogP contribution in [0, 0.1) is 5.92 Å². The molecule has 30 heavy (non-hydrogen) atoms. The lowest BCUT2D eigenvalue weighted by Crippen LogP contribution is -2.37. The number of nitrogens with two attached hydrogens (primary N) is 1. The fourth-order valence-electron chi connectivity index (χ4n) is 3.09. The Kier molecular flexibility index (Phi) is 8.03. The molecular formula is C21H24F3NO4S. The lowest BCUT2D eigenvalue weighted by atomic mass is 9.86. The third-order valence-corrected chi connectivity index (χ3v) is 5.67. The van der Waals surface area contributed by atoms with Crippen molar-refractivity contribution in [2.45, 2.75) is 38.4 Å². The van der Waals surface area contributed by atoms with E-state index in [1.54, 1.807) is 18.2 Å². The zero-order valence-electron chi connectivity index (χ0n) is 16.9. The molecule has 5 nitrogen and oxygen atoms in total. The number of carbonyl (C=O) groups excluding carboxylic acids is 2. The SMILES string of the molecule is CCCc1cc(C(=O)[C@@H](CC(N)c2ccc(OC)c(OC)c2)C(=O)C(F)(F)F)cs1. The van der Waals surface area contributed by atoms with Gasteiger partial charge >= 0.3 is 6.18 Å². The molecule has 0 aliphatic carbocycles. The van der Waals surface area contributed by atoms with E-state index < -0.39 is 36.1 Å². The molecule has 9 heteroatoms. The van der Waals surface area contributed by atoms with Crippen LogP contribution in [-0.2, 0) is 11.2 Å². The smallest absolute Gasteiger partial charge is 0.450 e. The number of carbonyl (C=O) groups is 2. The molecule has 2 rings (SSSR count). The largest absolute Gasteiger partial charge is 0.493 e. The highest BCUT2D eigenvalue weighted by molar-refractivity contribution is 7.10. The third kappa shape index (κ3) is 5.60. The second-order valence-corrected chi connectivity index (χ2v) is 7.78.